The van der Waals surface area contributed by atoms with Crippen molar-refractivity contribution in [3.8, 4) is 0 Å². The number of likely N-dealkylation sites (N-methyl/N-ethyl adjacent to an activating group) is 1. The lowest BCUT2D eigenvalue weighted by Gasteiger charge is -2.21. The number of hydrogen-bond acceptors (Lipinski definition) is 5. The van der Waals surface area contributed by atoms with Crippen LogP contribution in [-0.4, -0.2) is 38.8 Å². The second-order valence-electron chi connectivity index (χ2n) is 8.12. The molecule has 7 nitrogen and oxygen atoms in total. The van der Waals surface area contributed by atoms with Gasteiger partial charge in [-0.3, -0.25) is 14.4 Å². The summed E-state index contributed by atoms with van der Waals surface area (Å²) in [6.07, 6.45) is 6.50. The predicted molar refractivity (Wildman–Crippen MR) is 113 cm³/mol. The molecule has 2 aliphatic rings. The summed E-state index contributed by atoms with van der Waals surface area (Å²) < 4.78 is 7.11. The number of carbonyl (C=O) groups is 1. The number of hydrogen-bond donors (Lipinski definition) is 0. The van der Waals surface area contributed by atoms with Crippen LogP contribution in [0, 0.1) is 13.8 Å². The molecule has 1 amide bonds. The van der Waals surface area contributed by atoms with Crippen LogP contribution in [0.25, 0.3) is 0 Å². The van der Waals surface area contributed by atoms with Crippen molar-refractivity contribution in [1.29, 1.82) is 0 Å². The van der Waals surface area contributed by atoms with Gasteiger partial charge in [0.2, 0.25) is 0 Å². The Morgan fingerprint density at radius 3 is 2.60 bits per heavy atom. The standard InChI is InChI=1S/C23H25N5O2/c1-15-20(16(2)30-25-15)14-27-13-19(12-24-27)28-22(18-9-10-18)26(3)21(23(28)29)11-17-7-5-4-6-8-17/h4-8,12-13,21H,9-11,14H2,1-3H3. The Balaban J connectivity index is 1.44. The van der Waals surface area contributed by atoms with Gasteiger partial charge in [-0.05, 0) is 37.8 Å². The third kappa shape index (κ3) is 3.20. The summed E-state index contributed by atoms with van der Waals surface area (Å²) in [4.78, 5) is 17.5. The Bertz CT molecular complexity index is 1100. The molecule has 1 atom stereocenters. The average molecular weight is 403 g/mol. The molecule has 0 radical (unpaired) electrons. The Hall–Kier alpha value is -3.35. The number of aryl methyl sites for hydroxylation is 2. The van der Waals surface area contributed by atoms with Crippen LogP contribution < -0.4 is 4.90 Å². The molecule has 2 fully saturated rings. The molecule has 1 saturated heterocycles. The van der Waals surface area contributed by atoms with Crippen molar-refractivity contribution < 1.29 is 9.32 Å². The summed E-state index contributed by atoms with van der Waals surface area (Å²) in [5, 5.41) is 8.53. The monoisotopic (exact) mass is 403 g/mol. The molecule has 1 aromatic carbocycles. The maximum absolute atomic E-state index is 13.5. The lowest BCUT2D eigenvalue weighted by atomic mass is 10.1. The third-order valence-corrected chi connectivity index (χ3v) is 5.99. The Labute approximate surface area is 175 Å². The summed E-state index contributed by atoms with van der Waals surface area (Å²) in [5.41, 5.74) is 5.20. The van der Waals surface area contributed by atoms with E-state index in [1.165, 1.54) is 11.1 Å². The molecular weight excluding hydrogens is 378 g/mol. The molecule has 2 aromatic heterocycles. The summed E-state index contributed by atoms with van der Waals surface area (Å²) >= 11 is 0. The number of benzene rings is 1. The average Bonchev–Trinajstić information content (AvgIpc) is 3.33. The van der Waals surface area contributed by atoms with Gasteiger partial charge in [0.05, 0.1) is 24.1 Å². The number of rotatable bonds is 5. The van der Waals surface area contributed by atoms with E-state index in [2.05, 4.69) is 27.3 Å². The molecule has 154 valence electrons. The fourth-order valence-corrected chi connectivity index (χ4v) is 4.17. The Kier molecular flexibility index (Phi) is 4.46. The predicted octanol–water partition coefficient (Wildman–Crippen LogP) is 3.43. The fourth-order valence-electron chi connectivity index (χ4n) is 4.17. The number of aromatic nitrogens is 3. The van der Waals surface area contributed by atoms with Crippen molar-refractivity contribution in [2.45, 2.75) is 45.7 Å². The summed E-state index contributed by atoms with van der Waals surface area (Å²) in [6.45, 7) is 4.40. The van der Waals surface area contributed by atoms with Crippen LogP contribution in [0.3, 0.4) is 0 Å². The SMILES string of the molecule is Cc1noc(C)c1Cn1cc(N2C(=O)C(Cc3ccccc3)N(C)C2=C2CC2)cn1. The van der Waals surface area contributed by atoms with Gasteiger partial charge in [-0.2, -0.15) is 5.10 Å². The normalized spacial score (nSPS) is 18.6. The van der Waals surface area contributed by atoms with Gasteiger partial charge in [-0.15, -0.1) is 0 Å². The van der Waals surface area contributed by atoms with Crippen molar-refractivity contribution in [3.63, 3.8) is 0 Å². The first-order valence-corrected chi connectivity index (χ1v) is 10.3. The topological polar surface area (TPSA) is 67.4 Å². The van der Waals surface area contributed by atoms with E-state index in [-0.39, 0.29) is 11.9 Å². The summed E-state index contributed by atoms with van der Waals surface area (Å²) in [5.74, 6) is 1.93. The highest BCUT2D eigenvalue weighted by atomic mass is 16.5. The quantitative estimate of drug-likeness (QED) is 0.653. The lowest BCUT2D eigenvalue weighted by molar-refractivity contribution is -0.119. The van der Waals surface area contributed by atoms with E-state index in [4.69, 9.17) is 4.52 Å². The number of carbonyl (C=O) groups excluding carboxylic acids is 1. The number of anilines is 1. The summed E-state index contributed by atoms with van der Waals surface area (Å²) in [7, 11) is 2.03. The molecule has 30 heavy (non-hydrogen) atoms. The van der Waals surface area contributed by atoms with Crippen molar-refractivity contribution >= 4 is 11.6 Å². The molecule has 1 aliphatic heterocycles. The van der Waals surface area contributed by atoms with Gasteiger partial charge in [0.15, 0.2) is 0 Å². The molecular formula is C23H25N5O2. The molecule has 0 spiro atoms. The van der Waals surface area contributed by atoms with Gasteiger partial charge in [-0.25, -0.2) is 0 Å². The molecule has 3 heterocycles. The zero-order valence-electron chi connectivity index (χ0n) is 17.5. The second kappa shape index (κ2) is 7.16. The van der Waals surface area contributed by atoms with Gasteiger partial charge in [0.1, 0.15) is 17.6 Å². The molecule has 5 rings (SSSR count). The first-order valence-electron chi connectivity index (χ1n) is 10.3. The molecule has 1 aliphatic carbocycles. The van der Waals surface area contributed by atoms with E-state index in [1.54, 1.807) is 6.20 Å². The van der Waals surface area contributed by atoms with E-state index >= 15 is 0 Å². The minimum atomic E-state index is -0.207. The minimum Gasteiger partial charge on any atom is -0.361 e. The fraction of sp³-hybridized carbons (Fsp3) is 0.348. The maximum Gasteiger partial charge on any atom is 0.255 e. The third-order valence-electron chi connectivity index (χ3n) is 5.99. The highest BCUT2D eigenvalue weighted by molar-refractivity contribution is 6.03. The van der Waals surface area contributed by atoms with E-state index < -0.39 is 0 Å². The first-order chi connectivity index (χ1) is 14.5. The second-order valence-corrected chi connectivity index (χ2v) is 8.12. The Morgan fingerprint density at radius 1 is 1.17 bits per heavy atom. The maximum atomic E-state index is 13.5. The van der Waals surface area contributed by atoms with Crippen LogP contribution in [-0.2, 0) is 17.8 Å². The van der Waals surface area contributed by atoms with Gasteiger partial charge < -0.3 is 9.42 Å². The molecule has 1 saturated carbocycles. The highest BCUT2D eigenvalue weighted by Crippen LogP contribution is 2.41. The largest absolute Gasteiger partial charge is 0.361 e. The van der Waals surface area contributed by atoms with Gasteiger partial charge >= 0.3 is 0 Å². The molecule has 7 heteroatoms. The minimum absolute atomic E-state index is 0.104. The molecule has 0 bridgehead atoms. The van der Waals surface area contributed by atoms with Crippen molar-refractivity contribution in [1.82, 2.24) is 19.8 Å². The summed E-state index contributed by atoms with van der Waals surface area (Å²) in [6, 6.07) is 9.99. The van der Waals surface area contributed by atoms with Crippen LogP contribution in [0.15, 0.2) is 58.6 Å². The zero-order valence-corrected chi connectivity index (χ0v) is 17.5. The Morgan fingerprint density at radius 2 is 1.93 bits per heavy atom. The molecule has 0 N–H and O–H groups in total. The van der Waals surface area contributed by atoms with Crippen molar-refractivity contribution in [2.75, 3.05) is 11.9 Å². The van der Waals surface area contributed by atoms with Crippen LogP contribution in [0.4, 0.5) is 5.69 Å². The smallest absolute Gasteiger partial charge is 0.255 e. The van der Waals surface area contributed by atoms with E-state index in [9.17, 15) is 4.79 Å². The number of amides is 1. The van der Waals surface area contributed by atoms with Crippen LogP contribution in [0.2, 0.25) is 0 Å². The van der Waals surface area contributed by atoms with Crippen molar-refractivity contribution in [2.24, 2.45) is 0 Å². The van der Waals surface area contributed by atoms with E-state index in [0.717, 1.165) is 41.4 Å². The zero-order chi connectivity index (χ0) is 20.8. The lowest BCUT2D eigenvalue weighted by Crippen LogP contribution is -2.33. The molecule has 3 aromatic rings. The van der Waals surface area contributed by atoms with Crippen LogP contribution in [0.1, 0.15) is 35.4 Å². The van der Waals surface area contributed by atoms with Crippen LogP contribution in [0.5, 0.6) is 0 Å². The van der Waals surface area contributed by atoms with Gasteiger partial charge in [0, 0.05) is 25.2 Å². The van der Waals surface area contributed by atoms with E-state index in [0.29, 0.717) is 13.0 Å². The number of nitrogens with zero attached hydrogens (tertiary/aromatic N) is 5. The highest BCUT2D eigenvalue weighted by Gasteiger charge is 2.44. The van der Waals surface area contributed by atoms with Crippen LogP contribution >= 0.6 is 0 Å². The van der Waals surface area contributed by atoms with E-state index in [1.807, 2.05) is 54.9 Å². The van der Waals surface area contributed by atoms with Gasteiger partial charge in [0.25, 0.3) is 5.91 Å². The number of allylic oxidation sites excluding steroid dienone is 1. The first kappa shape index (κ1) is 18.7. The van der Waals surface area contributed by atoms with Gasteiger partial charge in [-0.1, -0.05) is 35.5 Å². The molecule has 1 unspecified atom stereocenters. The van der Waals surface area contributed by atoms with Crippen molar-refractivity contribution in [3.05, 3.63) is 76.7 Å².